The molecule has 0 aliphatic carbocycles. The third-order valence-electron chi connectivity index (χ3n) is 4.36. The number of carbonyl (C=O) groups is 2. The average molecular weight is 324 g/mol. The Morgan fingerprint density at radius 2 is 2.00 bits per heavy atom. The van der Waals surface area contributed by atoms with Crippen molar-refractivity contribution in [2.45, 2.75) is 12.8 Å². The van der Waals surface area contributed by atoms with E-state index in [2.05, 4.69) is 10.3 Å². The SMILES string of the molecule is CN1CCC(C(=O)Nc2cc(-c3ccncc3)ccc2N)CC1=O. The van der Waals surface area contributed by atoms with Gasteiger partial charge in [0.1, 0.15) is 0 Å². The summed E-state index contributed by atoms with van der Waals surface area (Å²) < 4.78 is 0. The lowest BCUT2D eigenvalue weighted by Gasteiger charge is -2.28. The van der Waals surface area contributed by atoms with Crippen LogP contribution in [-0.2, 0) is 9.59 Å². The van der Waals surface area contributed by atoms with Crippen LogP contribution in [0.3, 0.4) is 0 Å². The Morgan fingerprint density at radius 3 is 2.71 bits per heavy atom. The van der Waals surface area contributed by atoms with E-state index < -0.39 is 0 Å². The molecule has 0 spiro atoms. The number of anilines is 2. The summed E-state index contributed by atoms with van der Waals surface area (Å²) in [7, 11) is 1.76. The molecule has 1 aliphatic heterocycles. The van der Waals surface area contributed by atoms with Crippen molar-refractivity contribution in [1.82, 2.24) is 9.88 Å². The number of nitrogens with two attached hydrogens (primary N) is 1. The van der Waals surface area contributed by atoms with Crippen molar-refractivity contribution in [2.75, 3.05) is 24.6 Å². The summed E-state index contributed by atoms with van der Waals surface area (Å²) in [6, 6.07) is 9.31. The first kappa shape index (κ1) is 16.0. The lowest BCUT2D eigenvalue weighted by Crippen LogP contribution is -2.39. The molecule has 2 amide bonds. The van der Waals surface area contributed by atoms with Gasteiger partial charge in [-0.2, -0.15) is 0 Å². The number of amides is 2. The van der Waals surface area contributed by atoms with Crippen LogP contribution in [0.2, 0.25) is 0 Å². The molecule has 6 heteroatoms. The predicted octanol–water partition coefficient (Wildman–Crippen LogP) is 2.14. The number of likely N-dealkylation sites (tertiary alicyclic amines) is 1. The number of nitrogens with one attached hydrogen (secondary N) is 1. The van der Waals surface area contributed by atoms with Gasteiger partial charge in [0.15, 0.2) is 0 Å². The summed E-state index contributed by atoms with van der Waals surface area (Å²) in [5.74, 6) is -0.465. The number of rotatable bonds is 3. The molecule has 124 valence electrons. The van der Waals surface area contributed by atoms with E-state index in [0.717, 1.165) is 11.1 Å². The Labute approximate surface area is 140 Å². The third-order valence-corrected chi connectivity index (χ3v) is 4.36. The van der Waals surface area contributed by atoms with E-state index >= 15 is 0 Å². The van der Waals surface area contributed by atoms with Crippen molar-refractivity contribution in [2.24, 2.45) is 5.92 Å². The van der Waals surface area contributed by atoms with E-state index in [0.29, 0.717) is 24.3 Å². The van der Waals surface area contributed by atoms with Crippen molar-refractivity contribution in [3.8, 4) is 11.1 Å². The first-order valence-corrected chi connectivity index (χ1v) is 7.89. The zero-order chi connectivity index (χ0) is 17.1. The van der Waals surface area contributed by atoms with Crippen LogP contribution in [-0.4, -0.2) is 35.3 Å². The molecular formula is C18H20N4O2. The van der Waals surface area contributed by atoms with Crippen LogP contribution in [0, 0.1) is 5.92 Å². The summed E-state index contributed by atoms with van der Waals surface area (Å²) in [6.07, 6.45) is 4.34. The first-order chi connectivity index (χ1) is 11.5. The Hall–Kier alpha value is -2.89. The molecular weight excluding hydrogens is 304 g/mol. The molecule has 1 fully saturated rings. The molecule has 1 atom stereocenters. The van der Waals surface area contributed by atoms with E-state index in [4.69, 9.17) is 5.73 Å². The average Bonchev–Trinajstić information content (AvgIpc) is 2.60. The zero-order valence-electron chi connectivity index (χ0n) is 13.5. The summed E-state index contributed by atoms with van der Waals surface area (Å²) in [6.45, 7) is 0.601. The highest BCUT2D eigenvalue weighted by Gasteiger charge is 2.28. The van der Waals surface area contributed by atoms with E-state index in [9.17, 15) is 9.59 Å². The number of nitrogen functional groups attached to an aromatic ring is 1. The second kappa shape index (κ2) is 6.70. The second-order valence-electron chi connectivity index (χ2n) is 6.03. The van der Waals surface area contributed by atoms with Crippen LogP contribution in [0.15, 0.2) is 42.7 Å². The first-order valence-electron chi connectivity index (χ1n) is 7.89. The van der Waals surface area contributed by atoms with Gasteiger partial charge in [-0.05, 0) is 41.8 Å². The fourth-order valence-electron chi connectivity index (χ4n) is 2.79. The van der Waals surface area contributed by atoms with Gasteiger partial charge in [-0.3, -0.25) is 14.6 Å². The molecule has 0 saturated carbocycles. The fraction of sp³-hybridized carbons (Fsp3) is 0.278. The van der Waals surface area contributed by atoms with Crippen LogP contribution in [0.1, 0.15) is 12.8 Å². The third kappa shape index (κ3) is 3.37. The lowest BCUT2D eigenvalue weighted by atomic mass is 9.95. The summed E-state index contributed by atoms with van der Waals surface area (Å²) in [4.78, 5) is 29.9. The highest BCUT2D eigenvalue weighted by molar-refractivity contribution is 5.98. The Balaban J connectivity index is 1.77. The molecule has 1 saturated heterocycles. The quantitative estimate of drug-likeness (QED) is 0.847. The summed E-state index contributed by atoms with van der Waals surface area (Å²) in [5.41, 5.74) is 9.00. The highest BCUT2D eigenvalue weighted by atomic mass is 16.2. The molecule has 2 heterocycles. The molecule has 2 aromatic rings. The van der Waals surface area contributed by atoms with E-state index in [-0.39, 0.29) is 24.2 Å². The molecule has 0 radical (unpaired) electrons. The van der Waals surface area contributed by atoms with Gasteiger partial charge in [0, 0.05) is 38.3 Å². The van der Waals surface area contributed by atoms with E-state index in [1.54, 1.807) is 30.4 Å². The van der Waals surface area contributed by atoms with Gasteiger partial charge in [0.2, 0.25) is 11.8 Å². The minimum Gasteiger partial charge on any atom is -0.397 e. The van der Waals surface area contributed by atoms with E-state index in [1.165, 1.54) is 0 Å². The van der Waals surface area contributed by atoms with Gasteiger partial charge >= 0.3 is 0 Å². The van der Waals surface area contributed by atoms with Gasteiger partial charge in [0.25, 0.3) is 0 Å². The Bertz CT molecular complexity index is 761. The maximum atomic E-state index is 12.5. The van der Waals surface area contributed by atoms with Gasteiger partial charge < -0.3 is 16.0 Å². The predicted molar refractivity (Wildman–Crippen MR) is 93.1 cm³/mol. The normalized spacial score (nSPS) is 17.6. The molecule has 1 unspecified atom stereocenters. The van der Waals surface area contributed by atoms with Crippen LogP contribution >= 0.6 is 0 Å². The number of benzene rings is 1. The van der Waals surface area contributed by atoms with Crippen LogP contribution in [0.4, 0.5) is 11.4 Å². The summed E-state index contributed by atoms with van der Waals surface area (Å²) >= 11 is 0. The molecule has 6 nitrogen and oxygen atoms in total. The van der Waals surface area contributed by atoms with Crippen LogP contribution in [0.5, 0.6) is 0 Å². The van der Waals surface area contributed by atoms with E-state index in [1.807, 2.05) is 24.3 Å². The minimum absolute atomic E-state index is 0.0000850. The Kier molecular flexibility index (Phi) is 4.46. The fourth-order valence-corrected chi connectivity index (χ4v) is 2.79. The number of carbonyl (C=O) groups excluding carboxylic acids is 2. The molecule has 1 aromatic heterocycles. The second-order valence-corrected chi connectivity index (χ2v) is 6.03. The van der Waals surface area contributed by atoms with Crippen LogP contribution < -0.4 is 11.1 Å². The van der Waals surface area contributed by atoms with Gasteiger partial charge in [-0.15, -0.1) is 0 Å². The zero-order valence-corrected chi connectivity index (χ0v) is 13.5. The highest BCUT2D eigenvalue weighted by Crippen LogP contribution is 2.28. The number of hydrogen-bond donors (Lipinski definition) is 2. The number of hydrogen-bond acceptors (Lipinski definition) is 4. The van der Waals surface area contributed by atoms with Crippen molar-refractivity contribution in [3.05, 3.63) is 42.7 Å². The number of pyridine rings is 1. The monoisotopic (exact) mass is 324 g/mol. The molecule has 1 aliphatic rings. The van der Waals surface area contributed by atoms with Gasteiger partial charge in [-0.1, -0.05) is 6.07 Å². The smallest absolute Gasteiger partial charge is 0.228 e. The molecule has 0 bridgehead atoms. The number of nitrogens with zero attached hydrogens (tertiary/aromatic N) is 2. The standard InChI is InChI=1S/C18H20N4O2/c1-22-9-6-14(11-17(22)23)18(24)21-16-10-13(2-3-15(16)19)12-4-7-20-8-5-12/h2-5,7-8,10,14H,6,9,11,19H2,1H3,(H,21,24). The van der Waals surface area contributed by atoms with Crippen molar-refractivity contribution >= 4 is 23.2 Å². The largest absolute Gasteiger partial charge is 0.397 e. The number of piperidine rings is 1. The molecule has 24 heavy (non-hydrogen) atoms. The minimum atomic E-state index is -0.308. The molecule has 3 N–H and O–H groups in total. The van der Waals surface area contributed by atoms with Crippen molar-refractivity contribution in [1.29, 1.82) is 0 Å². The number of aromatic nitrogens is 1. The van der Waals surface area contributed by atoms with Gasteiger partial charge in [0.05, 0.1) is 11.4 Å². The van der Waals surface area contributed by atoms with Crippen molar-refractivity contribution < 1.29 is 9.59 Å². The van der Waals surface area contributed by atoms with Crippen LogP contribution in [0.25, 0.3) is 11.1 Å². The molecule has 1 aromatic carbocycles. The molecule has 3 rings (SSSR count). The maximum absolute atomic E-state index is 12.5. The maximum Gasteiger partial charge on any atom is 0.228 e. The summed E-state index contributed by atoms with van der Waals surface area (Å²) in [5, 5.41) is 2.88. The van der Waals surface area contributed by atoms with Gasteiger partial charge in [-0.25, -0.2) is 0 Å². The lowest BCUT2D eigenvalue weighted by molar-refractivity contribution is -0.137. The van der Waals surface area contributed by atoms with Crippen molar-refractivity contribution in [3.63, 3.8) is 0 Å². The topological polar surface area (TPSA) is 88.3 Å². The Morgan fingerprint density at radius 1 is 1.25 bits per heavy atom.